The number of hydrogen-bond donors (Lipinski definition) is 1. The highest BCUT2D eigenvalue weighted by Crippen LogP contribution is 2.33. The smallest absolute Gasteiger partial charge is 0.264 e. The van der Waals surface area contributed by atoms with E-state index in [4.69, 9.17) is 9.15 Å². The highest BCUT2D eigenvalue weighted by molar-refractivity contribution is 9.10. The lowest BCUT2D eigenvalue weighted by Crippen LogP contribution is -2.19. The summed E-state index contributed by atoms with van der Waals surface area (Å²) in [6.45, 7) is 4.59. The van der Waals surface area contributed by atoms with E-state index in [2.05, 4.69) is 26.2 Å². The number of carbonyl (C=O) groups excluding carboxylic acids is 1. The van der Waals surface area contributed by atoms with E-state index in [-0.39, 0.29) is 5.91 Å². The Morgan fingerprint density at radius 1 is 1.17 bits per heavy atom. The molecule has 1 aliphatic heterocycles. The molecule has 1 amide bonds. The molecule has 1 N–H and O–H groups in total. The van der Waals surface area contributed by atoms with Gasteiger partial charge in [0.1, 0.15) is 17.3 Å². The van der Waals surface area contributed by atoms with Crippen LogP contribution in [0.4, 0.5) is 5.69 Å². The number of carbonyl (C=O) groups is 1. The van der Waals surface area contributed by atoms with Gasteiger partial charge in [-0.2, -0.15) is 0 Å². The van der Waals surface area contributed by atoms with E-state index in [0.29, 0.717) is 22.4 Å². The molecule has 0 unspecified atom stereocenters. The Kier molecular flexibility index (Phi) is 6.11. The SMILES string of the molecule is CCOc1ccc(N=C2NC(=O)/C(=C\c3ccc(-c4ccc(C)cc4Br)o3)S2)cc1. The van der Waals surface area contributed by atoms with Crippen molar-refractivity contribution in [2.45, 2.75) is 13.8 Å². The van der Waals surface area contributed by atoms with Crippen LogP contribution in [-0.2, 0) is 4.79 Å². The number of thioether (sulfide) groups is 1. The minimum Gasteiger partial charge on any atom is -0.494 e. The van der Waals surface area contributed by atoms with Gasteiger partial charge in [0.2, 0.25) is 0 Å². The summed E-state index contributed by atoms with van der Waals surface area (Å²) in [4.78, 5) is 17.4. The Balaban J connectivity index is 1.51. The monoisotopic (exact) mass is 482 g/mol. The number of aliphatic imine (C=N–C) groups is 1. The molecule has 2 aromatic carbocycles. The summed E-state index contributed by atoms with van der Waals surface area (Å²) in [6, 6.07) is 17.2. The van der Waals surface area contributed by atoms with Crippen molar-refractivity contribution in [2.24, 2.45) is 4.99 Å². The summed E-state index contributed by atoms with van der Waals surface area (Å²) < 4.78 is 12.3. The van der Waals surface area contributed by atoms with Gasteiger partial charge in [-0.05, 0) is 79.7 Å². The third kappa shape index (κ3) is 4.68. The van der Waals surface area contributed by atoms with Crippen molar-refractivity contribution in [3.63, 3.8) is 0 Å². The van der Waals surface area contributed by atoms with Crippen molar-refractivity contribution in [2.75, 3.05) is 6.61 Å². The number of ether oxygens (including phenoxy) is 1. The minimum atomic E-state index is -0.195. The molecule has 3 aromatic rings. The van der Waals surface area contributed by atoms with Crippen LogP contribution in [0, 0.1) is 6.92 Å². The van der Waals surface area contributed by atoms with E-state index < -0.39 is 0 Å². The van der Waals surface area contributed by atoms with Crippen LogP contribution >= 0.6 is 27.7 Å². The van der Waals surface area contributed by atoms with E-state index >= 15 is 0 Å². The summed E-state index contributed by atoms with van der Waals surface area (Å²) in [5.41, 5.74) is 2.87. The molecule has 0 bridgehead atoms. The topological polar surface area (TPSA) is 63.8 Å². The van der Waals surface area contributed by atoms with Crippen LogP contribution in [-0.4, -0.2) is 17.7 Å². The van der Waals surface area contributed by atoms with Crippen LogP contribution in [0.5, 0.6) is 5.75 Å². The van der Waals surface area contributed by atoms with Gasteiger partial charge in [0, 0.05) is 16.1 Å². The Morgan fingerprint density at radius 3 is 2.70 bits per heavy atom. The molecule has 4 rings (SSSR count). The first-order valence-electron chi connectivity index (χ1n) is 9.40. The molecule has 152 valence electrons. The van der Waals surface area contributed by atoms with Crippen LogP contribution in [0.25, 0.3) is 17.4 Å². The number of rotatable bonds is 5. The van der Waals surface area contributed by atoms with Crippen molar-refractivity contribution in [3.05, 3.63) is 75.3 Å². The van der Waals surface area contributed by atoms with Crippen LogP contribution in [0.2, 0.25) is 0 Å². The molecule has 1 fully saturated rings. The average Bonchev–Trinajstić information content (AvgIpc) is 3.30. The zero-order valence-electron chi connectivity index (χ0n) is 16.4. The van der Waals surface area contributed by atoms with E-state index in [1.807, 2.05) is 68.4 Å². The van der Waals surface area contributed by atoms with Crippen LogP contribution in [0.3, 0.4) is 0 Å². The van der Waals surface area contributed by atoms with E-state index in [1.165, 1.54) is 11.8 Å². The average molecular weight is 483 g/mol. The van der Waals surface area contributed by atoms with Crippen LogP contribution in [0.15, 0.2) is 73.4 Å². The molecule has 5 nitrogen and oxygen atoms in total. The van der Waals surface area contributed by atoms with Gasteiger partial charge < -0.3 is 14.5 Å². The highest BCUT2D eigenvalue weighted by atomic mass is 79.9. The van der Waals surface area contributed by atoms with Crippen molar-refractivity contribution in [1.82, 2.24) is 5.32 Å². The summed E-state index contributed by atoms with van der Waals surface area (Å²) in [7, 11) is 0. The predicted octanol–water partition coefficient (Wildman–Crippen LogP) is 6.31. The fourth-order valence-corrected chi connectivity index (χ4v) is 4.42. The Morgan fingerprint density at radius 2 is 1.97 bits per heavy atom. The molecule has 0 aliphatic carbocycles. The molecule has 0 saturated carbocycles. The van der Waals surface area contributed by atoms with Gasteiger partial charge >= 0.3 is 0 Å². The van der Waals surface area contributed by atoms with Gasteiger partial charge in [-0.15, -0.1) is 0 Å². The third-order valence-corrected chi connectivity index (χ3v) is 5.89. The maximum atomic E-state index is 12.3. The summed E-state index contributed by atoms with van der Waals surface area (Å²) in [5.74, 6) is 1.94. The zero-order chi connectivity index (χ0) is 21.1. The quantitative estimate of drug-likeness (QED) is 0.432. The van der Waals surface area contributed by atoms with Gasteiger partial charge in [0.15, 0.2) is 5.17 Å². The van der Waals surface area contributed by atoms with Crippen molar-refractivity contribution in [1.29, 1.82) is 0 Å². The minimum absolute atomic E-state index is 0.195. The summed E-state index contributed by atoms with van der Waals surface area (Å²) >= 11 is 4.86. The van der Waals surface area contributed by atoms with Crippen molar-refractivity contribution >= 4 is 50.5 Å². The largest absolute Gasteiger partial charge is 0.494 e. The molecule has 0 radical (unpaired) electrons. The first kappa shape index (κ1) is 20.5. The Labute approximate surface area is 187 Å². The molecule has 2 heterocycles. The molecule has 0 atom stereocenters. The molecule has 1 saturated heterocycles. The summed E-state index contributed by atoms with van der Waals surface area (Å²) in [5, 5.41) is 3.32. The second-order valence-electron chi connectivity index (χ2n) is 6.59. The number of halogens is 1. The second kappa shape index (κ2) is 8.93. The lowest BCUT2D eigenvalue weighted by molar-refractivity contribution is -0.115. The zero-order valence-corrected chi connectivity index (χ0v) is 18.8. The Bertz CT molecular complexity index is 1150. The number of benzene rings is 2. The van der Waals surface area contributed by atoms with Crippen molar-refractivity contribution in [3.8, 4) is 17.1 Å². The molecular weight excluding hydrogens is 464 g/mol. The first-order chi connectivity index (χ1) is 14.5. The lowest BCUT2D eigenvalue weighted by atomic mass is 10.1. The molecule has 1 aliphatic rings. The maximum absolute atomic E-state index is 12.3. The number of aryl methyl sites for hydroxylation is 1. The third-order valence-electron chi connectivity index (χ3n) is 4.32. The summed E-state index contributed by atoms with van der Waals surface area (Å²) in [6.07, 6.45) is 1.73. The number of nitrogens with one attached hydrogen (secondary N) is 1. The van der Waals surface area contributed by atoms with E-state index in [9.17, 15) is 4.79 Å². The van der Waals surface area contributed by atoms with Crippen LogP contribution in [0.1, 0.15) is 18.2 Å². The Hall–Kier alpha value is -2.77. The molecule has 30 heavy (non-hydrogen) atoms. The van der Waals surface area contributed by atoms with Gasteiger partial charge in [-0.25, -0.2) is 4.99 Å². The fraction of sp³-hybridized carbons (Fsp3) is 0.130. The molecule has 0 spiro atoms. The second-order valence-corrected chi connectivity index (χ2v) is 8.48. The number of amides is 1. The van der Waals surface area contributed by atoms with Gasteiger partial charge in [0.05, 0.1) is 17.2 Å². The number of hydrogen-bond acceptors (Lipinski definition) is 5. The highest BCUT2D eigenvalue weighted by Gasteiger charge is 2.24. The molecule has 7 heteroatoms. The first-order valence-corrected chi connectivity index (χ1v) is 11.0. The maximum Gasteiger partial charge on any atom is 0.264 e. The van der Waals surface area contributed by atoms with Gasteiger partial charge in [-0.3, -0.25) is 4.79 Å². The predicted molar refractivity (Wildman–Crippen MR) is 125 cm³/mol. The number of amidine groups is 1. The van der Waals surface area contributed by atoms with E-state index in [0.717, 1.165) is 32.8 Å². The van der Waals surface area contributed by atoms with Crippen molar-refractivity contribution < 1.29 is 13.9 Å². The fourth-order valence-electron chi connectivity index (χ4n) is 2.91. The standard InChI is InChI=1S/C23H19BrN2O3S/c1-3-28-16-7-5-15(6-8-16)25-23-26-22(27)21(30-23)13-17-9-11-20(29-17)18-10-4-14(2)12-19(18)24/h4-13H,3H2,1-2H3,(H,25,26,27)/b21-13+. The van der Waals surface area contributed by atoms with E-state index in [1.54, 1.807) is 6.08 Å². The van der Waals surface area contributed by atoms with Crippen LogP contribution < -0.4 is 10.1 Å². The van der Waals surface area contributed by atoms with Gasteiger partial charge in [-0.1, -0.05) is 22.0 Å². The van der Waals surface area contributed by atoms with Gasteiger partial charge in [0.25, 0.3) is 5.91 Å². The number of furan rings is 1. The molecule has 1 aromatic heterocycles. The number of nitrogens with zero attached hydrogens (tertiary/aromatic N) is 1. The lowest BCUT2D eigenvalue weighted by Gasteiger charge is -2.02. The normalized spacial score (nSPS) is 16.3. The molecular formula is C23H19BrN2O3S.